The largest absolute Gasteiger partial charge is 0.573 e. The van der Waals surface area contributed by atoms with Crippen LogP contribution in [-0.2, 0) is 25.1 Å². The summed E-state index contributed by atoms with van der Waals surface area (Å²) in [5, 5.41) is 2.38. The van der Waals surface area contributed by atoms with Gasteiger partial charge >= 0.3 is 12.3 Å². The van der Waals surface area contributed by atoms with Crippen molar-refractivity contribution < 1.29 is 45.1 Å². The molecule has 0 saturated carbocycles. The van der Waals surface area contributed by atoms with Gasteiger partial charge in [0, 0.05) is 11.3 Å². The van der Waals surface area contributed by atoms with Crippen LogP contribution in [0.25, 0.3) is 0 Å². The van der Waals surface area contributed by atoms with Crippen LogP contribution in [0.5, 0.6) is 5.75 Å². The van der Waals surface area contributed by atoms with Crippen molar-refractivity contribution in [2.75, 3.05) is 5.32 Å². The van der Waals surface area contributed by atoms with Crippen LogP contribution in [0.2, 0.25) is 0 Å². The van der Waals surface area contributed by atoms with E-state index in [9.17, 15) is 31.2 Å². The number of ether oxygens (including phenoxy) is 2. The summed E-state index contributed by atoms with van der Waals surface area (Å²) in [5.41, 5.74) is 0.191. The molecule has 0 radical (unpaired) electrons. The molecule has 0 saturated heterocycles. The Balaban J connectivity index is 1.62. The molecule has 0 aliphatic heterocycles. The summed E-state index contributed by atoms with van der Waals surface area (Å²) in [7, 11) is -3.77. The first-order chi connectivity index (χ1) is 15.9. The molecule has 34 heavy (non-hydrogen) atoms. The van der Waals surface area contributed by atoms with Gasteiger partial charge in [0.05, 0.1) is 16.9 Å². The van der Waals surface area contributed by atoms with Crippen LogP contribution in [0, 0.1) is 0 Å². The zero-order valence-corrected chi connectivity index (χ0v) is 18.4. The molecule has 1 amide bonds. The van der Waals surface area contributed by atoms with Gasteiger partial charge in [0.25, 0.3) is 5.91 Å². The van der Waals surface area contributed by atoms with Crippen molar-refractivity contribution in [2.45, 2.75) is 30.0 Å². The highest BCUT2D eigenvalue weighted by molar-refractivity contribution is 7.90. The van der Waals surface area contributed by atoms with Gasteiger partial charge in [-0.25, -0.2) is 13.2 Å². The zero-order chi connectivity index (χ0) is 24.9. The first-order valence-corrected chi connectivity index (χ1v) is 11.3. The number of furan rings is 1. The molecule has 0 aliphatic carbocycles. The number of carbonyl (C=O) groups excluding carboxylic acids is 2. The number of anilines is 1. The fraction of sp³-hybridized carbons (Fsp3) is 0.182. The van der Waals surface area contributed by atoms with Crippen LogP contribution in [0.4, 0.5) is 18.9 Å². The average Bonchev–Trinajstić information content (AvgIpc) is 3.22. The van der Waals surface area contributed by atoms with Crippen LogP contribution >= 0.6 is 0 Å². The SMILES string of the molecule is CC(OC(=O)c1occc1CS(=O)(=O)c1ccccc1)C(=O)Nc1ccc(OC(F)(F)F)cc1. The first-order valence-electron chi connectivity index (χ1n) is 9.66. The molecule has 3 aromatic rings. The van der Waals surface area contributed by atoms with Crippen molar-refractivity contribution in [1.29, 1.82) is 0 Å². The molecule has 180 valence electrons. The number of benzene rings is 2. The molecule has 8 nitrogen and oxygen atoms in total. The van der Waals surface area contributed by atoms with E-state index < -0.39 is 45.7 Å². The van der Waals surface area contributed by atoms with Gasteiger partial charge in [-0.1, -0.05) is 18.2 Å². The Morgan fingerprint density at radius 1 is 1.03 bits per heavy atom. The van der Waals surface area contributed by atoms with E-state index in [1.807, 2.05) is 0 Å². The van der Waals surface area contributed by atoms with E-state index in [4.69, 9.17) is 9.15 Å². The lowest BCUT2D eigenvalue weighted by Gasteiger charge is -2.14. The van der Waals surface area contributed by atoms with Gasteiger partial charge in [-0.05, 0) is 49.4 Å². The number of hydrogen-bond acceptors (Lipinski definition) is 7. The van der Waals surface area contributed by atoms with E-state index in [-0.39, 0.29) is 21.9 Å². The van der Waals surface area contributed by atoms with Crippen LogP contribution in [-0.4, -0.2) is 32.8 Å². The summed E-state index contributed by atoms with van der Waals surface area (Å²) in [6.07, 6.45) is -5.05. The lowest BCUT2D eigenvalue weighted by atomic mass is 10.2. The molecule has 12 heteroatoms. The standard InChI is InChI=1S/C22H18F3NO7S/c1-14(20(27)26-16-7-9-17(10-8-16)33-22(23,24)25)32-21(28)19-15(11-12-31-19)13-34(29,30)18-5-3-2-4-6-18/h2-12,14H,13H2,1H3,(H,26,27). The van der Waals surface area contributed by atoms with E-state index in [1.54, 1.807) is 18.2 Å². The van der Waals surface area contributed by atoms with E-state index in [0.717, 1.165) is 18.4 Å². The highest BCUT2D eigenvalue weighted by Crippen LogP contribution is 2.24. The lowest BCUT2D eigenvalue weighted by molar-refractivity contribution is -0.274. The molecular weight excluding hydrogens is 479 g/mol. The Morgan fingerprint density at radius 3 is 2.29 bits per heavy atom. The van der Waals surface area contributed by atoms with Gasteiger partial charge in [-0.2, -0.15) is 0 Å². The van der Waals surface area contributed by atoms with Gasteiger partial charge < -0.3 is 19.2 Å². The second kappa shape index (κ2) is 10.00. The quantitative estimate of drug-likeness (QED) is 0.461. The van der Waals surface area contributed by atoms with Gasteiger partial charge in [0.2, 0.25) is 5.76 Å². The maximum absolute atomic E-state index is 12.6. The lowest BCUT2D eigenvalue weighted by Crippen LogP contribution is -2.30. The van der Waals surface area contributed by atoms with Crippen LogP contribution in [0.3, 0.4) is 0 Å². The van der Waals surface area contributed by atoms with Crippen molar-refractivity contribution in [3.05, 3.63) is 78.3 Å². The zero-order valence-electron chi connectivity index (χ0n) is 17.5. The molecule has 1 N–H and O–H groups in total. The summed E-state index contributed by atoms with van der Waals surface area (Å²) in [4.78, 5) is 24.8. The van der Waals surface area contributed by atoms with E-state index >= 15 is 0 Å². The van der Waals surface area contributed by atoms with Crippen LogP contribution < -0.4 is 10.1 Å². The number of rotatable bonds is 8. The minimum Gasteiger partial charge on any atom is -0.457 e. The van der Waals surface area contributed by atoms with Crippen molar-refractivity contribution in [3.8, 4) is 5.75 Å². The van der Waals surface area contributed by atoms with Gasteiger partial charge in [-0.3, -0.25) is 4.79 Å². The molecule has 0 bridgehead atoms. The number of carbonyl (C=O) groups is 2. The predicted octanol–water partition coefficient (Wildman–Crippen LogP) is 4.34. The number of esters is 1. The highest BCUT2D eigenvalue weighted by atomic mass is 32.2. The Morgan fingerprint density at radius 2 is 1.68 bits per heavy atom. The molecule has 3 rings (SSSR count). The third-order valence-electron chi connectivity index (χ3n) is 4.39. The van der Waals surface area contributed by atoms with Gasteiger partial charge in [0.15, 0.2) is 15.9 Å². The summed E-state index contributed by atoms with van der Waals surface area (Å²) in [6.45, 7) is 1.26. The van der Waals surface area contributed by atoms with Crippen LogP contribution in [0.1, 0.15) is 23.0 Å². The molecule has 1 aromatic heterocycles. The molecule has 1 atom stereocenters. The predicted molar refractivity (Wildman–Crippen MR) is 113 cm³/mol. The molecule has 0 fully saturated rings. The second-order valence-electron chi connectivity index (χ2n) is 6.96. The summed E-state index contributed by atoms with van der Waals surface area (Å²) in [5.74, 6) is -3.19. The number of halogens is 3. The number of sulfone groups is 1. The summed E-state index contributed by atoms with van der Waals surface area (Å²) < 4.78 is 75.7. The minimum atomic E-state index is -4.85. The Labute approximate surface area is 192 Å². The van der Waals surface area contributed by atoms with Crippen molar-refractivity contribution >= 4 is 27.4 Å². The fourth-order valence-electron chi connectivity index (χ4n) is 2.80. The topological polar surface area (TPSA) is 112 Å². The normalized spacial score (nSPS) is 12.6. The number of amides is 1. The molecule has 1 unspecified atom stereocenters. The third kappa shape index (κ3) is 6.61. The minimum absolute atomic E-state index is 0.0571. The van der Waals surface area contributed by atoms with Gasteiger partial charge in [0.1, 0.15) is 5.75 Å². The van der Waals surface area contributed by atoms with Crippen molar-refractivity contribution in [3.63, 3.8) is 0 Å². The fourth-order valence-corrected chi connectivity index (χ4v) is 4.17. The number of alkyl halides is 3. The average molecular weight is 497 g/mol. The number of nitrogens with one attached hydrogen (secondary N) is 1. The van der Waals surface area contributed by atoms with Crippen molar-refractivity contribution in [2.24, 2.45) is 0 Å². The van der Waals surface area contributed by atoms with E-state index in [0.29, 0.717) is 0 Å². The highest BCUT2D eigenvalue weighted by Gasteiger charge is 2.31. The maximum Gasteiger partial charge on any atom is 0.573 e. The third-order valence-corrected chi connectivity index (χ3v) is 6.07. The first kappa shape index (κ1) is 24.8. The van der Waals surface area contributed by atoms with E-state index in [2.05, 4.69) is 10.1 Å². The molecule has 2 aromatic carbocycles. The molecule has 0 aliphatic rings. The monoisotopic (exact) mass is 497 g/mol. The Bertz CT molecular complexity index is 1250. The maximum atomic E-state index is 12.6. The summed E-state index contributed by atoms with van der Waals surface area (Å²) in [6, 6.07) is 13.3. The smallest absolute Gasteiger partial charge is 0.457 e. The Kier molecular flexibility index (Phi) is 7.30. The molecule has 0 spiro atoms. The number of hydrogen-bond donors (Lipinski definition) is 1. The van der Waals surface area contributed by atoms with Crippen LogP contribution in [0.15, 0.2) is 76.2 Å². The summed E-state index contributed by atoms with van der Waals surface area (Å²) >= 11 is 0. The van der Waals surface area contributed by atoms with Crippen molar-refractivity contribution in [1.82, 2.24) is 0 Å². The molecular formula is C22H18F3NO7S. The van der Waals surface area contributed by atoms with Gasteiger partial charge in [-0.15, -0.1) is 13.2 Å². The second-order valence-corrected chi connectivity index (χ2v) is 8.95. The van der Waals surface area contributed by atoms with E-state index in [1.165, 1.54) is 37.3 Å². The molecule has 1 heterocycles. The Hall–Kier alpha value is -3.80.